The molecule has 0 saturated heterocycles. The number of hydrogen-bond acceptors (Lipinski definition) is 2. The van der Waals surface area contributed by atoms with Gasteiger partial charge >= 0.3 is 0 Å². The number of rotatable bonds is 4. The monoisotopic (exact) mass is 226 g/mol. The van der Waals surface area contributed by atoms with Crippen LogP contribution in [0.2, 0.25) is 0 Å². The molecule has 0 fully saturated rings. The van der Waals surface area contributed by atoms with E-state index in [-0.39, 0.29) is 0 Å². The summed E-state index contributed by atoms with van der Waals surface area (Å²) in [6, 6.07) is 9.42. The number of hydrogen-bond donors (Lipinski definition) is 1. The van der Waals surface area contributed by atoms with E-state index < -0.39 is 14.9 Å². The van der Waals surface area contributed by atoms with Gasteiger partial charge in [-0.15, -0.1) is 0 Å². The molecule has 0 spiro atoms. The lowest BCUT2D eigenvalue weighted by atomic mass is 10.4. The fraction of sp³-hybridized carbons (Fsp3) is 0.333. The first-order chi connectivity index (χ1) is 6.92. The normalized spacial score (nSPS) is 13.3. The minimum absolute atomic E-state index is 0.712. The average molecular weight is 226 g/mol. The van der Waals surface area contributed by atoms with Gasteiger partial charge in [0.25, 0.3) is 0 Å². The van der Waals surface area contributed by atoms with Gasteiger partial charge in [0, 0.05) is 4.90 Å². The Balaban J connectivity index is 3.13. The van der Waals surface area contributed by atoms with E-state index in [9.17, 15) is 4.21 Å². The van der Waals surface area contributed by atoms with Crippen molar-refractivity contribution in [2.24, 2.45) is 0 Å². The zero-order chi connectivity index (χ0) is 11.5. The van der Waals surface area contributed by atoms with Crippen LogP contribution in [0.25, 0.3) is 0 Å². The van der Waals surface area contributed by atoms with Crippen LogP contribution < -0.4 is 0 Å². The Hall–Kier alpha value is -1.09. The second-order valence-corrected chi connectivity index (χ2v) is 7.43. The molecular weight excluding hydrogens is 208 g/mol. The van der Waals surface area contributed by atoms with Crippen molar-refractivity contribution in [1.29, 1.82) is 0 Å². The summed E-state index contributed by atoms with van der Waals surface area (Å²) in [5, 5.41) is 0. The van der Waals surface area contributed by atoms with Crippen LogP contribution in [0.3, 0.4) is 0 Å². The van der Waals surface area contributed by atoms with Gasteiger partial charge in [-0.1, -0.05) is 24.8 Å². The van der Waals surface area contributed by atoms with Crippen LogP contribution in [-0.2, 0) is 14.7 Å². The summed E-state index contributed by atoms with van der Waals surface area (Å²) in [6.07, 6.45) is 3.09. The largest absolute Gasteiger partial charge is 0.485 e. The maximum atomic E-state index is 12.7. The van der Waals surface area contributed by atoms with Gasteiger partial charge in [0.15, 0.2) is 4.93 Å². The molecule has 0 amide bonds. The number of ether oxygens (including phenoxy) is 1. The summed E-state index contributed by atoms with van der Waals surface area (Å²) in [5.41, 5.74) is 0. The molecular formula is C12H18O2S. The molecule has 1 rings (SSSR count). The predicted molar refractivity (Wildman–Crippen MR) is 65.5 cm³/mol. The van der Waals surface area contributed by atoms with E-state index >= 15 is 0 Å². The fourth-order valence-corrected chi connectivity index (χ4v) is 2.97. The molecule has 1 aromatic carbocycles. The van der Waals surface area contributed by atoms with Crippen LogP contribution in [0.15, 0.2) is 48.1 Å². The highest BCUT2D eigenvalue weighted by Gasteiger charge is 2.33. The minimum atomic E-state index is -2.56. The molecule has 15 heavy (non-hydrogen) atoms. The van der Waals surface area contributed by atoms with Crippen LogP contribution in [0.1, 0.15) is 13.8 Å². The zero-order valence-electron chi connectivity index (χ0n) is 9.43. The van der Waals surface area contributed by atoms with Crippen molar-refractivity contribution in [2.75, 3.05) is 6.26 Å². The molecule has 0 aliphatic rings. The van der Waals surface area contributed by atoms with Crippen molar-refractivity contribution in [1.82, 2.24) is 0 Å². The first-order valence-corrected chi connectivity index (χ1v) is 6.99. The molecule has 0 aliphatic carbocycles. The van der Waals surface area contributed by atoms with Crippen LogP contribution >= 0.6 is 0 Å². The van der Waals surface area contributed by atoms with E-state index in [0.717, 1.165) is 4.90 Å². The third-order valence-electron chi connectivity index (χ3n) is 2.65. The van der Waals surface area contributed by atoms with E-state index in [0.29, 0.717) is 0 Å². The van der Waals surface area contributed by atoms with E-state index in [4.69, 9.17) is 4.74 Å². The second-order valence-electron chi connectivity index (χ2n) is 3.99. The van der Waals surface area contributed by atoms with Crippen molar-refractivity contribution in [3.63, 3.8) is 0 Å². The average Bonchev–Trinajstić information content (AvgIpc) is 2.19. The Kier molecular flexibility index (Phi) is 3.35. The lowest BCUT2D eigenvalue weighted by Gasteiger charge is -2.35. The highest BCUT2D eigenvalue weighted by molar-refractivity contribution is 8.03. The number of benzene rings is 1. The van der Waals surface area contributed by atoms with Crippen LogP contribution in [-0.4, -0.2) is 15.4 Å². The second kappa shape index (κ2) is 4.19. The molecule has 0 aliphatic heterocycles. The summed E-state index contributed by atoms with van der Waals surface area (Å²) < 4.78 is 18.0. The van der Waals surface area contributed by atoms with Gasteiger partial charge in [-0.05, 0) is 42.2 Å². The molecule has 0 N–H and O–H groups in total. The van der Waals surface area contributed by atoms with E-state index in [1.807, 2.05) is 44.2 Å². The Morgan fingerprint density at radius 1 is 1.33 bits per heavy atom. The quantitative estimate of drug-likeness (QED) is 0.631. The molecule has 1 aromatic rings. The third-order valence-corrected chi connectivity index (χ3v) is 6.09. The van der Waals surface area contributed by atoms with E-state index in [1.165, 1.54) is 6.26 Å². The van der Waals surface area contributed by atoms with Crippen molar-refractivity contribution < 1.29 is 8.95 Å². The molecule has 0 atom stereocenters. The first-order valence-electron chi connectivity index (χ1n) is 4.84. The SMILES string of the molecule is C=COC(C)(C)[SH](C)(=O)c1ccccc1. The third kappa shape index (κ3) is 2.29. The Labute approximate surface area is 92.4 Å². The Morgan fingerprint density at radius 3 is 2.33 bits per heavy atom. The summed E-state index contributed by atoms with van der Waals surface area (Å²) >= 11 is 0. The standard InChI is InChI=1S/C12H18O2S/c1-5-14-12(2,3)15(4,13)11-9-7-6-8-10-11/h5-10,15H,1H2,2-4H3. The topological polar surface area (TPSA) is 26.3 Å². The van der Waals surface area contributed by atoms with Gasteiger partial charge in [0.05, 0.1) is 6.26 Å². The van der Waals surface area contributed by atoms with Gasteiger partial charge < -0.3 is 4.74 Å². The highest BCUT2D eigenvalue weighted by Crippen LogP contribution is 2.31. The van der Waals surface area contributed by atoms with Crippen LogP contribution in [0.4, 0.5) is 0 Å². The highest BCUT2D eigenvalue weighted by atomic mass is 32.2. The van der Waals surface area contributed by atoms with Gasteiger partial charge in [-0.25, -0.2) is 0 Å². The van der Waals surface area contributed by atoms with Gasteiger partial charge in [0.2, 0.25) is 0 Å². The van der Waals surface area contributed by atoms with E-state index in [1.54, 1.807) is 6.26 Å². The van der Waals surface area contributed by atoms with E-state index in [2.05, 4.69) is 6.58 Å². The molecule has 0 radical (unpaired) electrons. The molecule has 0 saturated carbocycles. The molecule has 3 heteroatoms. The Bertz CT molecular complexity index is 382. The summed E-state index contributed by atoms with van der Waals surface area (Å²) in [5.74, 6) is 0. The fourth-order valence-electron chi connectivity index (χ4n) is 1.33. The predicted octanol–water partition coefficient (Wildman–Crippen LogP) is 2.59. The molecule has 0 heterocycles. The molecule has 2 nitrogen and oxygen atoms in total. The maximum Gasteiger partial charge on any atom is 0.158 e. The van der Waals surface area contributed by atoms with Gasteiger partial charge in [-0.3, -0.25) is 4.21 Å². The van der Waals surface area contributed by atoms with Crippen molar-refractivity contribution in [3.05, 3.63) is 43.2 Å². The zero-order valence-corrected chi connectivity index (χ0v) is 10.3. The van der Waals surface area contributed by atoms with Crippen molar-refractivity contribution in [2.45, 2.75) is 23.7 Å². The van der Waals surface area contributed by atoms with Crippen molar-refractivity contribution in [3.8, 4) is 0 Å². The summed E-state index contributed by atoms with van der Waals surface area (Å²) in [7, 11) is -2.56. The lowest BCUT2D eigenvalue weighted by molar-refractivity contribution is 0.139. The maximum absolute atomic E-state index is 12.7. The lowest BCUT2D eigenvalue weighted by Crippen LogP contribution is -2.38. The smallest absolute Gasteiger partial charge is 0.158 e. The summed E-state index contributed by atoms with van der Waals surface area (Å²) in [4.78, 5) is 0.118. The van der Waals surface area contributed by atoms with Crippen LogP contribution in [0, 0.1) is 0 Å². The molecule has 0 bridgehead atoms. The number of thiol groups is 1. The van der Waals surface area contributed by atoms with Gasteiger partial charge in [0.1, 0.15) is 0 Å². The minimum Gasteiger partial charge on any atom is -0.485 e. The van der Waals surface area contributed by atoms with Gasteiger partial charge in [-0.2, -0.15) is 0 Å². The molecule has 84 valence electrons. The molecule has 0 unspecified atom stereocenters. The summed E-state index contributed by atoms with van der Waals surface area (Å²) in [6.45, 7) is 7.15. The van der Waals surface area contributed by atoms with Crippen molar-refractivity contribution >= 4 is 9.93 Å². The first kappa shape index (κ1) is 12.0. The Morgan fingerprint density at radius 2 is 1.87 bits per heavy atom. The molecule has 0 aromatic heterocycles. The van der Waals surface area contributed by atoms with Crippen LogP contribution in [0.5, 0.6) is 0 Å².